The van der Waals surface area contributed by atoms with Crippen LogP contribution in [0.5, 0.6) is 5.75 Å². The number of amides is 1. The molecule has 1 aliphatic heterocycles. The number of anilines is 1. The summed E-state index contributed by atoms with van der Waals surface area (Å²) in [7, 11) is 1.67. The first-order valence-electron chi connectivity index (χ1n) is 12.4. The Kier molecular flexibility index (Phi) is 9.84. The van der Waals surface area contributed by atoms with Gasteiger partial charge in [-0.3, -0.25) is 5.32 Å². The van der Waals surface area contributed by atoms with E-state index in [9.17, 15) is 9.90 Å². The second-order valence-electron chi connectivity index (χ2n) is 8.92. The van der Waals surface area contributed by atoms with Crippen LogP contribution in [0, 0.1) is 5.92 Å². The highest BCUT2D eigenvalue weighted by Gasteiger charge is 2.38. The summed E-state index contributed by atoms with van der Waals surface area (Å²) in [5.41, 5.74) is 3.32. The van der Waals surface area contributed by atoms with Gasteiger partial charge in [-0.25, -0.2) is 4.79 Å². The van der Waals surface area contributed by atoms with Gasteiger partial charge in [0.15, 0.2) is 6.29 Å². The fourth-order valence-electron chi connectivity index (χ4n) is 4.23. The predicted octanol–water partition coefficient (Wildman–Crippen LogP) is 6.51. The molecule has 0 aliphatic carbocycles. The normalized spacial score (nSPS) is 20.9. The van der Waals surface area contributed by atoms with Crippen LogP contribution in [0.3, 0.4) is 0 Å². The standard InChI is InChI=1S/C30H33NO6S/c1-4-17-35-30(33)31-24-15-13-23(14-16-24)29-36-26(19-38-27-8-6-5-7-25(27)34-3)20(2)28(37-29)22-11-9-21(18-32)10-12-22/h4-16,20,26,28-29,32H,1,17-19H2,2-3H3,(H,31,33). The maximum Gasteiger partial charge on any atom is 0.411 e. The van der Waals surface area contributed by atoms with Crippen LogP contribution in [0.15, 0.2) is 90.3 Å². The Balaban J connectivity index is 1.54. The van der Waals surface area contributed by atoms with Gasteiger partial charge in [-0.15, -0.1) is 11.8 Å². The van der Waals surface area contributed by atoms with Gasteiger partial charge in [0, 0.05) is 27.8 Å². The number of carbonyl (C=O) groups excluding carboxylic acids is 1. The minimum Gasteiger partial charge on any atom is -0.496 e. The van der Waals surface area contributed by atoms with Crippen molar-refractivity contribution in [2.45, 2.75) is 36.9 Å². The Hall–Kier alpha value is -3.30. The summed E-state index contributed by atoms with van der Waals surface area (Å²) in [5, 5.41) is 12.2. The highest BCUT2D eigenvalue weighted by atomic mass is 32.2. The third-order valence-corrected chi connectivity index (χ3v) is 7.50. The third-order valence-electron chi connectivity index (χ3n) is 6.36. The molecule has 3 aromatic carbocycles. The monoisotopic (exact) mass is 535 g/mol. The Morgan fingerprint density at radius 3 is 2.45 bits per heavy atom. The summed E-state index contributed by atoms with van der Waals surface area (Å²) in [6.07, 6.45) is 0.0436. The van der Waals surface area contributed by atoms with Gasteiger partial charge in [-0.1, -0.05) is 68.1 Å². The highest BCUT2D eigenvalue weighted by molar-refractivity contribution is 7.99. The summed E-state index contributed by atoms with van der Waals surface area (Å²) in [6, 6.07) is 23.1. The Morgan fingerprint density at radius 1 is 1.05 bits per heavy atom. The van der Waals surface area contributed by atoms with E-state index in [0.29, 0.717) is 11.4 Å². The molecule has 1 heterocycles. The van der Waals surface area contributed by atoms with Crippen molar-refractivity contribution >= 4 is 23.5 Å². The van der Waals surface area contributed by atoms with Gasteiger partial charge in [0.25, 0.3) is 0 Å². The van der Waals surface area contributed by atoms with Crippen molar-refractivity contribution in [3.8, 4) is 5.75 Å². The van der Waals surface area contributed by atoms with Crippen LogP contribution in [0.4, 0.5) is 10.5 Å². The van der Waals surface area contributed by atoms with E-state index in [4.69, 9.17) is 18.9 Å². The topological polar surface area (TPSA) is 86.3 Å². The summed E-state index contributed by atoms with van der Waals surface area (Å²) in [5.74, 6) is 1.61. The van der Waals surface area contributed by atoms with E-state index >= 15 is 0 Å². The minimum absolute atomic E-state index is 0.00716. The zero-order valence-corrected chi connectivity index (χ0v) is 22.4. The molecule has 200 valence electrons. The molecule has 0 aromatic heterocycles. The second kappa shape index (κ2) is 13.5. The largest absolute Gasteiger partial charge is 0.496 e. The van der Waals surface area contributed by atoms with Gasteiger partial charge in [0.2, 0.25) is 0 Å². The molecule has 4 rings (SSSR count). The molecule has 1 amide bonds. The number of benzene rings is 3. The van der Waals surface area contributed by atoms with Crippen LogP contribution in [0.25, 0.3) is 0 Å². The lowest BCUT2D eigenvalue weighted by Crippen LogP contribution is -2.38. The van der Waals surface area contributed by atoms with E-state index in [1.807, 2.05) is 60.7 Å². The summed E-state index contributed by atoms with van der Waals surface area (Å²) in [6.45, 7) is 5.81. The second-order valence-corrected chi connectivity index (χ2v) is 9.98. The fourth-order valence-corrected chi connectivity index (χ4v) is 5.43. The molecule has 4 atom stereocenters. The van der Waals surface area contributed by atoms with Crippen LogP contribution in [0.1, 0.15) is 36.0 Å². The molecular formula is C30H33NO6S. The zero-order chi connectivity index (χ0) is 26.9. The number of para-hydroxylation sites is 1. The van der Waals surface area contributed by atoms with Gasteiger partial charge < -0.3 is 24.1 Å². The summed E-state index contributed by atoms with van der Waals surface area (Å²) in [4.78, 5) is 12.9. The summed E-state index contributed by atoms with van der Waals surface area (Å²) >= 11 is 1.69. The van der Waals surface area contributed by atoms with Crippen molar-refractivity contribution in [2.24, 2.45) is 5.92 Å². The van der Waals surface area contributed by atoms with Crippen LogP contribution in [-0.2, 0) is 20.8 Å². The lowest BCUT2D eigenvalue weighted by atomic mass is 9.91. The third kappa shape index (κ3) is 6.96. The number of ether oxygens (including phenoxy) is 4. The number of nitrogens with one attached hydrogen (secondary N) is 1. The average molecular weight is 536 g/mol. The molecule has 7 nitrogen and oxygen atoms in total. The lowest BCUT2D eigenvalue weighted by molar-refractivity contribution is -0.268. The van der Waals surface area contributed by atoms with E-state index in [2.05, 4.69) is 18.8 Å². The van der Waals surface area contributed by atoms with E-state index in [-0.39, 0.29) is 31.3 Å². The Labute approximate surface area is 227 Å². The molecule has 0 saturated carbocycles. The van der Waals surface area contributed by atoms with Crippen LogP contribution >= 0.6 is 11.8 Å². The molecule has 1 fully saturated rings. The van der Waals surface area contributed by atoms with Gasteiger partial charge in [0.05, 0.1) is 25.9 Å². The van der Waals surface area contributed by atoms with E-state index in [0.717, 1.165) is 27.3 Å². The number of aliphatic hydroxyl groups is 1. The highest BCUT2D eigenvalue weighted by Crippen LogP contribution is 2.43. The Morgan fingerprint density at radius 2 is 1.76 bits per heavy atom. The van der Waals surface area contributed by atoms with Crippen molar-refractivity contribution < 1.29 is 28.8 Å². The van der Waals surface area contributed by atoms with E-state index < -0.39 is 12.4 Å². The van der Waals surface area contributed by atoms with Crippen molar-refractivity contribution in [1.29, 1.82) is 0 Å². The first kappa shape index (κ1) is 27.7. The van der Waals surface area contributed by atoms with E-state index in [1.165, 1.54) is 6.08 Å². The molecular weight excluding hydrogens is 502 g/mol. The molecule has 3 aromatic rings. The molecule has 2 N–H and O–H groups in total. The first-order chi connectivity index (χ1) is 18.5. The SMILES string of the molecule is C=CCOC(=O)Nc1ccc(C2OC(CSc3ccccc3OC)C(C)C(c3ccc(CO)cc3)O2)cc1. The fraction of sp³-hybridized carbons (Fsp3) is 0.300. The van der Waals surface area contributed by atoms with Gasteiger partial charge in [0.1, 0.15) is 12.4 Å². The minimum atomic E-state index is -0.598. The van der Waals surface area contributed by atoms with Crippen LogP contribution < -0.4 is 10.1 Å². The van der Waals surface area contributed by atoms with Crippen molar-refractivity contribution in [1.82, 2.24) is 0 Å². The molecule has 1 saturated heterocycles. The number of thioether (sulfide) groups is 1. The maximum atomic E-state index is 11.9. The molecule has 0 bridgehead atoms. The average Bonchev–Trinajstić information content (AvgIpc) is 2.96. The van der Waals surface area contributed by atoms with Crippen LogP contribution in [-0.4, -0.2) is 36.8 Å². The number of methoxy groups -OCH3 is 1. The van der Waals surface area contributed by atoms with Gasteiger partial charge >= 0.3 is 6.09 Å². The summed E-state index contributed by atoms with van der Waals surface area (Å²) < 4.78 is 23.5. The molecule has 1 aliphatic rings. The van der Waals surface area contributed by atoms with Crippen molar-refractivity contribution in [2.75, 3.05) is 24.8 Å². The molecule has 0 radical (unpaired) electrons. The number of rotatable bonds is 10. The van der Waals surface area contributed by atoms with Crippen molar-refractivity contribution in [3.63, 3.8) is 0 Å². The lowest BCUT2D eigenvalue weighted by Gasteiger charge is -2.41. The van der Waals surface area contributed by atoms with Crippen molar-refractivity contribution in [3.05, 3.63) is 102 Å². The van der Waals surface area contributed by atoms with Gasteiger partial charge in [-0.2, -0.15) is 0 Å². The number of hydrogen-bond donors (Lipinski definition) is 2. The van der Waals surface area contributed by atoms with Gasteiger partial charge in [-0.05, 0) is 35.4 Å². The maximum absolute atomic E-state index is 11.9. The number of hydrogen-bond acceptors (Lipinski definition) is 7. The predicted molar refractivity (Wildman–Crippen MR) is 148 cm³/mol. The van der Waals surface area contributed by atoms with E-state index in [1.54, 1.807) is 31.0 Å². The molecule has 8 heteroatoms. The number of carbonyl (C=O) groups is 1. The van der Waals surface area contributed by atoms with Crippen LogP contribution in [0.2, 0.25) is 0 Å². The molecule has 4 unspecified atom stereocenters. The first-order valence-corrected chi connectivity index (χ1v) is 13.4. The zero-order valence-electron chi connectivity index (χ0n) is 21.5. The quantitative estimate of drug-likeness (QED) is 0.226. The smallest absolute Gasteiger partial charge is 0.411 e. The number of aliphatic hydroxyl groups excluding tert-OH is 1. The molecule has 38 heavy (non-hydrogen) atoms. The Bertz CT molecular complexity index is 1200. The molecule has 0 spiro atoms.